The highest BCUT2D eigenvalue weighted by Gasteiger charge is 2.42. The normalized spacial score (nSPS) is 25.7. The van der Waals surface area contributed by atoms with Crippen LogP contribution in [-0.4, -0.2) is 38.5 Å². The lowest BCUT2D eigenvalue weighted by molar-refractivity contribution is -0.118. The van der Waals surface area contributed by atoms with Crippen molar-refractivity contribution >= 4 is 11.7 Å². The summed E-state index contributed by atoms with van der Waals surface area (Å²) in [6.07, 6.45) is 5.41. The minimum Gasteiger partial charge on any atom is -0.308 e. The molecule has 24 heavy (non-hydrogen) atoms. The molecule has 1 saturated heterocycles. The number of amides is 1. The molecule has 0 spiro atoms. The van der Waals surface area contributed by atoms with Crippen molar-refractivity contribution in [1.82, 2.24) is 25.3 Å². The Hall–Kier alpha value is -2.28. The molecule has 2 N–H and O–H groups in total. The fourth-order valence-electron chi connectivity index (χ4n) is 4.12. The summed E-state index contributed by atoms with van der Waals surface area (Å²) >= 11 is 0. The number of aromatic nitrogens is 4. The number of hydrogen-bond acceptors (Lipinski definition) is 5. The molecule has 0 aromatic carbocycles. The van der Waals surface area contributed by atoms with Crippen molar-refractivity contribution in [2.45, 2.75) is 32.2 Å². The van der Waals surface area contributed by atoms with E-state index >= 15 is 0 Å². The van der Waals surface area contributed by atoms with Gasteiger partial charge in [0.2, 0.25) is 5.91 Å². The summed E-state index contributed by atoms with van der Waals surface area (Å²) in [7, 11) is 1.88. The van der Waals surface area contributed by atoms with Gasteiger partial charge in [-0.2, -0.15) is 5.10 Å². The molecule has 7 nitrogen and oxygen atoms in total. The Kier molecular flexibility index (Phi) is 3.80. The second-order valence-corrected chi connectivity index (χ2v) is 6.83. The largest absolute Gasteiger partial charge is 0.308 e. The molecule has 3 heterocycles. The minimum absolute atomic E-state index is 0.00293. The summed E-state index contributed by atoms with van der Waals surface area (Å²) in [6, 6.07) is 3.57. The Bertz CT molecular complexity index is 733. The predicted molar refractivity (Wildman–Crippen MR) is 90.2 cm³/mol. The molecule has 2 aliphatic rings. The summed E-state index contributed by atoms with van der Waals surface area (Å²) in [4.78, 5) is 12.5. The molecule has 0 bridgehead atoms. The summed E-state index contributed by atoms with van der Waals surface area (Å²) < 4.78 is 1.78. The number of hydrogen-bond donors (Lipinski definition) is 2. The predicted octanol–water partition coefficient (Wildman–Crippen LogP) is 1.51. The van der Waals surface area contributed by atoms with Crippen molar-refractivity contribution in [3.8, 4) is 11.4 Å². The fraction of sp³-hybridized carbons (Fsp3) is 0.529. The Morgan fingerprint density at radius 1 is 1.33 bits per heavy atom. The van der Waals surface area contributed by atoms with E-state index in [0.29, 0.717) is 17.7 Å². The van der Waals surface area contributed by atoms with Gasteiger partial charge in [0.1, 0.15) is 5.69 Å². The minimum atomic E-state index is -0.0988. The van der Waals surface area contributed by atoms with Crippen molar-refractivity contribution in [3.05, 3.63) is 23.9 Å². The lowest BCUT2D eigenvalue weighted by atomic mass is 9.94. The molecule has 1 saturated carbocycles. The van der Waals surface area contributed by atoms with Crippen molar-refractivity contribution in [2.24, 2.45) is 18.9 Å². The van der Waals surface area contributed by atoms with Crippen LogP contribution in [-0.2, 0) is 11.8 Å². The maximum atomic E-state index is 12.5. The van der Waals surface area contributed by atoms with Gasteiger partial charge in [-0.05, 0) is 55.8 Å². The van der Waals surface area contributed by atoms with Gasteiger partial charge in [-0.15, -0.1) is 10.2 Å². The van der Waals surface area contributed by atoms with E-state index in [4.69, 9.17) is 0 Å². The van der Waals surface area contributed by atoms with E-state index in [-0.39, 0.29) is 11.9 Å². The van der Waals surface area contributed by atoms with E-state index in [1.54, 1.807) is 16.9 Å². The van der Waals surface area contributed by atoms with Crippen LogP contribution < -0.4 is 10.6 Å². The van der Waals surface area contributed by atoms with Crippen LogP contribution in [0.2, 0.25) is 0 Å². The molecule has 1 aliphatic carbocycles. The third kappa shape index (κ3) is 2.58. The highest BCUT2D eigenvalue weighted by Crippen LogP contribution is 2.37. The molecule has 1 aliphatic heterocycles. The van der Waals surface area contributed by atoms with Crippen LogP contribution in [0.1, 0.15) is 24.8 Å². The third-order valence-corrected chi connectivity index (χ3v) is 5.31. The smallest absolute Gasteiger partial charge is 0.243 e. The highest BCUT2D eigenvalue weighted by molar-refractivity contribution is 5.94. The van der Waals surface area contributed by atoms with Crippen LogP contribution in [0, 0.1) is 18.8 Å². The summed E-state index contributed by atoms with van der Waals surface area (Å²) in [5, 5.41) is 18.9. The first-order valence-electron chi connectivity index (χ1n) is 8.50. The fourth-order valence-corrected chi connectivity index (χ4v) is 4.12. The SMILES string of the molecule is Cc1cnn(C)c1-c1ccc(NC(=O)C2NCC3CCCC32)nn1. The molecule has 1 amide bonds. The molecular formula is C17H22N6O. The Morgan fingerprint density at radius 3 is 2.92 bits per heavy atom. The summed E-state index contributed by atoms with van der Waals surface area (Å²) in [5.41, 5.74) is 2.73. The van der Waals surface area contributed by atoms with Gasteiger partial charge >= 0.3 is 0 Å². The number of anilines is 1. The van der Waals surface area contributed by atoms with Crippen LogP contribution in [0.15, 0.2) is 18.3 Å². The number of fused-ring (bicyclic) bond motifs is 1. The number of carbonyl (C=O) groups is 1. The molecule has 4 rings (SSSR count). The molecular weight excluding hydrogens is 304 g/mol. The maximum absolute atomic E-state index is 12.5. The molecule has 126 valence electrons. The van der Waals surface area contributed by atoms with Crippen LogP contribution in [0.25, 0.3) is 11.4 Å². The molecule has 2 aromatic rings. The van der Waals surface area contributed by atoms with Gasteiger partial charge in [0.25, 0.3) is 0 Å². The molecule has 2 fully saturated rings. The lowest BCUT2D eigenvalue weighted by Crippen LogP contribution is -2.39. The standard InChI is InChI=1S/C17H22N6O/c1-10-8-19-23(2)16(10)13-6-7-14(22-21-13)20-17(24)15-12-5-3-4-11(12)9-18-15/h6-8,11-12,15,18H,3-5,9H2,1-2H3,(H,20,22,24). The number of nitrogens with one attached hydrogen (secondary N) is 2. The summed E-state index contributed by atoms with van der Waals surface area (Å²) in [5.74, 6) is 1.62. The lowest BCUT2D eigenvalue weighted by Gasteiger charge is -2.17. The zero-order valence-corrected chi connectivity index (χ0v) is 14.0. The second kappa shape index (κ2) is 5.98. The van der Waals surface area contributed by atoms with E-state index in [0.717, 1.165) is 29.9 Å². The number of nitrogens with zero attached hydrogens (tertiary/aromatic N) is 4. The molecule has 2 aromatic heterocycles. The van der Waals surface area contributed by atoms with E-state index in [1.807, 2.05) is 20.0 Å². The molecule has 3 unspecified atom stereocenters. The van der Waals surface area contributed by atoms with Crippen molar-refractivity contribution in [2.75, 3.05) is 11.9 Å². The van der Waals surface area contributed by atoms with E-state index in [9.17, 15) is 4.79 Å². The molecule has 3 atom stereocenters. The van der Waals surface area contributed by atoms with E-state index < -0.39 is 0 Å². The Morgan fingerprint density at radius 2 is 2.21 bits per heavy atom. The monoisotopic (exact) mass is 326 g/mol. The van der Waals surface area contributed by atoms with Gasteiger partial charge in [0.15, 0.2) is 5.82 Å². The second-order valence-electron chi connectivity index (χ2n) is 6.83. The number of carbonyl (C=O) groups excluding carboxylic acids is 1. The molecule has 7 heteroatoms. The molecule has 0 radical (unpaired) electrons. The first-order valence-corrected chi connectivity index (χ1v) is 8.50. The van der Waals surface area contributed by atoms with Gasteiger partial charge < -0.3 is 10.6 Å². The third-order valence-electron chi connectivity index (χ3n) is 5.31. The topological polar surface area (TPSA) is 84.7 Å². The van der Waals surface area contributed by atoms with Gasteiger partial charge in [0, 0.05) is 7.05 Å². The van der Waals surface area contributed by atoms with Crippen LogP contribution in [0.5, 0.6) is 0 Å². The van der Waals surface area contributed by atoms with Crippen LogP contribution >= 0.6 is 0 Å². The van der Waals surface area contributed by atoms with Crippen LogP contribution in [0.3, 0.4) is 0 Å². The summed E-state index contributed by atoms with van der Waals surface area (Å²) in [6.45, 7) is 2.94. The van der Waals surface area contributed by atoms with E-state index in [2.05, 4.69) is 25.9 Å². The van der Waals surface area contributed by atoms with Crippen molar-refractivity contribution in [3.63, 3.8) is 0 Å². The van der Waals surface area contributed by atoms with Crippen molar-refractivity contribution in [1.29, 1.82) is 0 Å². The van der Waals surface area contributed by atoms with Crippen molar-refractivity contribution < 1.29 is 4.79 Å². The van der Waals surface area contributed by atoms with Gasteiger partial charge in [0.05, 0.1) is 17.9 Å². The average Bonchev–Trinajstić information content (AvgIpc) is 3.25. The van der Waals surface area contributed by atoms with Crippen LogP contribution in [0.4, 0.5) is 5.82 Å². The van der Waals surface area contributed by atoms with Gasteiger partial charge in [-0.25, -0.2) is 0 Å². The maximum Gasteiger partial charge on any atom is 0.243 e. The Balaban J connectivity index is 1.47. The first-order chi connectivity index (χ1) is 11.6. The average molecular weight is 326 g/mol. The van der Waals surface area contributed by atoms with Gasteiger partial charge in [-0.3, -0.25) is 9.48 Å². The zero-order valence-electron chi connectivity index (χ0n) is 14.0. The Labute approximate surface area is 140 Å². The van der Waals surface area contributed by atoms with E-state index in [1.165, 1.54) is 12.8 Å². The number of rotatable bonds is 3. The number of aryl methyl sites for hydroxylation is 2. The zero-order chi connectivity index (χ0) is 16.7. The quantitative estimate of drug-likeness (QED) is 0.893. The van der Waals surface area contributed by atoms with Gasteiger partial charge in [-0.1, -0.05) is 6.42 Å². The first kappa shape index (κ1) is 15.3. The highest BCUT2D eigenvalue weighted by atomic mass is 16.2.